The van der Waals surface area contributed by atoms with Crippen LogP contribution in [0.3, 0.4) is 0 Å². The van der Waals surface area contributed by atoms with Crippen LogP contribution in [-0.4, -0.2) is 26.9 Å². The van der Waals surface area contributed by atoms with Gasteiger partial charge in [-0.25, -0.2) is 4.79 Å². The zero-order valence-electron chi connectivity index (χ0n) is 5.69. The molecule has 4 heteroatoms. The van der Waals surface area contributed by atoms with E-state index in [-0.39, 0.29) is 12.2 Å². The molecule has 60 valence electrons. The van der Waals surface area contributed by atoms with Crippen LogP contribution in [0.5, 0.6) is 0 Å². The molecular formula is C7H8O4. The molecule has 4 nitrogen and oxygen atoms in total. The van der Waals surface area contributed by atoms with Gasteiger partial charge in [0.05, 0.1) is 0 Å². The number of carbonyl (C=O) groups is 1. The Balaban J connectivity index is 2.92. The predicted molar refractivity (Wildman–Crippen MR) is 37.1 cm³/mol. The lowest BCUT2D eigenvalue weighted by molar-refractivity contribution is -0.153. The summed E-state index contributed by atoms with van der Waals surface area (Å²) in [5, 5.41) is 26.6. The molecule has 0 aromatic rings. The lowest BCUT2D eigenvalue weighted by Gasteiger charge is -2.19. The maximum Gasteiger partial charge on any atom is 0.340 e. The third-order valence-corrected chi connectivity index (χ3v) is 1.47. The van der Waals surface area contributed by atoms with Gasteiger partial charge < -0.3 is 15.3 Å². The molecule has 0 aliphatic heterocycles. The van der Waals surface area contributed by atoms with E-state index in [1.807, 2.05) is 0 Å². The molecule has 1 rings (SSSR count). The highest BCUT2D eigenvalue weighted by atomic mass is 16.4. The monoisotopic (exact) mass is 156 g/mol. The fourth-order valence-corrected chi connectivity index (χ4v) is 0.860. The summed E-state index contributed by atoms with van der Waals surface area (Å²) in [6.45, 7) is 0. The summed E-state index contributed by atoms with van der Waals surface area (Å²) in [7, 11) is 0. The lowest BCUT2D eigenvalue weighted by atomic mass is 9.95. The summed E-state index contributed by atoms with van der Waals surface area (Å²) in [4.78, 5) is 10.4. The van der Waals surface area contributed by atoms with Gasteiger partial charge in [0.1, 0.15) is 5.76 Å². The third kappa shape index (κ3) is 1.40. The van der Waals surface area contributed by atoms with E-state index in [1.54, 1.807) is 0 Å². The number of aliphatic hydroxyl groups is 2. The molecule has 3 N–H and O–H groups in total. The smallest absolute Gasteiger partial charge is 0.340 e. The number of allylic oxidation sites excluding steroid dienone is 1. The van der Waals surface area contributed by atoms with Gasteiger partial charge in [0.2, 0.25) is 0 Å². The summed E-state index contributed by atoms with van der Waals surface area (Å²) in [5.74, 6) is -1.57. The molecule has 0 saturated heterocycles. The van der Waals surface area contributed by atoms with Gasteiger partial charge in [-0.2, -0.15) is 0 Å². The van der Waals surface area contributed by atoms with Gasteiger partial charge in [-0.15, -0.1) is 0 Å². The second-order valence-electron chi connectivity index (χ2n) is 2.41. The second-order valence-corrected chi connectivity index (χ2v) is 2.41. The minimum Gasteiger partial charge on any atom is -0.508 e. The largest absolute Gasteiger partial charge is 0.508 e. The van der Waals surface area contributed by atoms with Crippen molar-refractivity contribution in [2.75, 3.05) is 0 Å². The highest BCUT2D eigenvalue weighted by Gasteiger charge is 2.34. The van der Waals surface area contributed by atoms with Gasteiger partial charge in [-0.3, -0.25) is 0 Å². The van der Waals surface area contributed by atoms with Gasteiger partial charge in [-0.05, 0) is 6.08 Å². The average Bonchev–Trinajstić information content (AvgIpc) is 1.86. The average molecular weight is 156 g/mol. The van der Waals surface area contributed by atoms with Crippen LogP contribution in [0, 0.1) is 0 Å². The lowest BCUT2D eigenvalue weighted by Crippen LogP contribution is -2.37. The molecule has 0 bridgehead atoms. The van der Waals surface area contributed by atoms with E-state index >= 15 is 0 Å². The molecule has 1 atom stereocenters. The highest BCUT2D eigenvalue weighted by Crippen LogP contribution is 2.19. The summed E-state index contributed by atoms with van der Waals surface area (Å²) < 4.78 is 0. The normalized spacial score (nSPS) is 29.7. The number of aliphatic hydroxyl groups excluding tert-OH is 1. The quantitative estimate of drug-likeness (QED) is 0.507. The van der Waals surface area contributed by atoms with Crippen molar-refractivity contribution >= 4 is 5.97 Å². The van der Waals surface area contributed by atoms with Crippen molar-refractivity contribution < 1.29 is 20.1 Å². The Morgan fingerprint density at radius 2 is 2.27 bits per heavy atom. The molecule has 1 aliphatic carbocycles. The first-order valence-electron chi connectivity index (χ1n) is 3.09. The van der Waals surface area contributed by atoms with Gasteiger partial charge in [-0.1, -0.05) is 6.08 Å². The molecule has 11 heavy (non-hydrogen) atoms. The van der Waals surface area contributed by atoms with Crippen molar-refractivity contribution in [1.29, 1.82) is 0 Å². The van der Waals surface area contributed by atoms with E-state index in [4.69, 9.17) is 10.2 Å². The molecule has 0 radical (unpaired) electrons. The summed E-state index contributed by atoms with van der Waals surface area (Å²) in [6, 6.07) is 0. The van der Waals surface area contributed by atoms with Crippen molar-refractivity contribution in [2.45, 2.75) is 12.0 Å². The third-order valence-electron chi connectivity index (χ3n) is 1.47. The predicted octanol–water partition coefficient (Wildman–Crippen LogP) is 0.204. The van der Waals surface area contributed by atoms with Crippen LogP contribution in [0.1, 0.15) is 6.42 Å². The first kappa shape index (κ1) is 7.81. The fourth-order valence-electron chi connectivity index (χ4n) is 0.860. The molecule has 1 unspecified atom stereocenters. The van der Waals surface area contributed by atoms with Crippen LogP contribution < -0.4 is 0 Å². The zero-order chi connectivity index (χ0) is 8.48. The van der Waals surface area contributed by atoms with Crippen LogP contribution in [0.15, 0.2) is 24.0 Å². The molecule has 0 aromatic carbocycles. The Kier molecular flexibility index (Phi) is 1.70. The van der Waals surface area contributed by atoms with E-state index < -0.39 is 11.6 Å². The number of carboxylic acids is 1. The van der Waals surface area contributed by atoms with Gasteiger partial charge in [0.25, 0.3) is 0 Å². The fraction of sp³-hybridized carbons (Fsp3) is 0.286. The standard InChI is InChI=1S/C7H8O4/c8-5-2-1-3-7(11,4-5)6(9)10/h1-2,4,8,11H,3H2,(H,9,10). The van der Waals surface area contributed by atoms with E-state index in [2.05, 4.69) is 0 Å². The topological polar surface area (TPSA) is 77.8 Å². The molecular weight excluding hydrogens is 148 g/mol. The Morgan fingerprint density at radius 3 is 2.64 bits per heavy atom. The maximum absolute atomic E-state index is 10.4. The number of carboxylic acid groups (broad SMARTS) is 1. The number of hydrogen-bond donors (Lipinski definition) is 3. The van der Waals surface area contributed by atoms with E-state index in [1.165, 1.54) is 12.2 Å². The molecule has 0 saturated carbocycles. The van der Waals surface area contributed by atoms with Gasteiger partial charge in [0.15, 0.2) is 5.60 Å². The first-order valence-corrected chi connectivity index (χ1v) is 3.09. The van der Waals surface area contributed by atoms with Crippen molar-refractivity contribution in [2.24, 2.45) is 0 Å². The molecule has 1 aliphatic rings. The maximum atomic E-state index is 10.4. The summed E-state index contributed by atoms with van der Waals surface area (Å²) >= 11 is 0. The Morgan fingerprint density at radius 1 is 1.64 bits per heavy atom. The minimum atomic E-state index is -1.93. The SMILES string of the molecule is O=C(O)C1(O)C=C(O)C=CC1. The zero-order valence-corrected chi connectivity index (χ0v) is 5.69. The number of aliphatic carboxylic acids is 1. The van der Waals surface area contributed by atoms with Gasteiger partial charge >= 0.3 is 5.97 Å². The second kappa shape index (κ2) is 2.39. The Labute approximate surface area is 63.1 Å². The summed E-state index contributed by atoms with van der Waals surface area (Å²) in [5.41, 5.74) is -1.93. The van der Waals surface area contributed by atoms with Crippen molar-refractivity contribution in [3.8, 4) is 0 Å². The first-order chi connectivity index (χ1) is 5.04. The van der Waals surface area contributed by atoms with Crippen molar-refractivity contribution in [3.05, 3.63) is 24.0 Å². The van der Waals surface area contributed by atoms with Crippen molar-refractivity contribution in [3.63, 3.8) is 0 Å². The minimum absolute atomic E-state index is 0.00755. The van der Waals surface area contributed by atoms with Crippen LogP contribution in [-0.2, 0) is 4.79 Å². The van der Waals surface area contributed by atoms with Crippen LogP contribution in [0.25, 0.3) is 0 Å². The Bertz CT molecular complexity index is 241. The molecule has 0 amide bonds. The van der Waals surface area contributed by atoms with Gasteiger partial charge in [0, 0.05) is 12.5 Å². The van der Waals surface area contributed by atoms with Crippen LogP contribution in [0.2, 0.25) is 0 Å². The van der Waals surface area contributed by atoms with Crippen LogP contribution >= 0.6 is 0 Å². The molecule has 0 fully saturated rings. The number of rotatable bonds is 1. The Hall–Kier alpha value is -1.29. The van der Waals surface area contributed by atoms with E-state index in [0.717, 1.165) is 6.08 Å². The van der Waals surface area contributed by atoms with E-state index in [0.29, 0.717) is 0 Å². The van der Waals surface area contributed by atoms with E-state index in [9.17, 15) is 9.90 Å². The number of hydrogen-bond acceptors (Lipinski definition) is 3. The highest BCUT2D eigenvalue weighted by molar-refractivity contribution is 5.80. The van der Waals surface area contributed by atoms with Crippen LogP contribution in [0.4, 0.5) is 0 Å². The summed E-state index contributed by atoms with van der Waals surface area (Å²) in [6.07, 6.45) is 3.66. The van der Waals surface area contributed by atoms with Crippen molar-refractivity contribution in [1.82, 2.24) is 0 Å². The molecule has 0 heterocycles. The molecule has 0 spiro atoms. The molecule has 0 aromatic heterocycles.